The van der Waals surface area contributed by atoms with Crippen molar-refractivity contribution in [2.24, 2.45) is 0 Å². The highest BCUT2D eigenvalue weighted by molar-refractivity contribution is 5.86. The fourth-order valence-corrected chi connectivity index (χ4v) is 2.09. The molecule has 0 aliphatic rings. The number of unbranched alkanes of at least 4 members (excludes halogenated alkanes) is 3. The molecule has 10 nitrogen and oxygen atoms in total. The van der Waals surface area contributed by atoms with Crippen LogP contribution in [0.25, 0.3) is 0 Å². The number of carboxylic acids is 2. The van der Waals surface area contributed by atoms with E-state index < -0.39 is 35.8 Å². The monoisotopic (exact) mass is 402 g/mol. The number of carboxylic acid groups (broad SMARTS) is 2. The highest BCUT2D eigenvalue weighted by Gasteiger charge is 2.13. The molecule has 10 heteroatoms. The molecule has 0 rings (SSSR count). The summed E-state index contributed by atoms with van der Waals surface area (Å²) in [6, 6.07) is 0. The van der Waals surface area contributed by atoms with E-state index >= 15 is 0 Å². The second-order valence-electron chi connectivity index (χ2n) is 6.10. The number of ether oxygens (including phenoxy) is 2. The van der Waals surface area contributed by atoms with E-state index in [2.05, 4.69) is 9.47 Å². The van der Waals surface area contributed by atoms with Crippen molar-refractivity contribution < 1.29 is 48.5 Å². The molecule has 0 amide bonds. The number of hydrogen-bond acceptors (Lipinski definition) is 8. The highest BCUT2D eigenvalue weighted by Crippen LogP contribution is 2.07. The van der Waals surface area contributed by atoms with Gasteiger partial charge in [-0.05, 0) is 38.5 Å². The summed E-state index contributed by atoms with van der Waals surface area (Å²) in [5.74, 6) is -4.81. The van der Waals surface area contributed by atoms with Crippen molar-refractivity contribution in [1.82, 2.24) is 0 Å². The van der Waals surface area contributed by atoms with Crippen molar-refractivity contribution in [1.29, 1.82) is 0 Å². The third-order valence-electron chi connectivity index (χ3n) is 3.51. The van der Waals surface area contributed by atoms with Gasteiger partial charge in [-0.1, -0.05) is 0 Å². The Kier molecular flexibility index (Phi) is 13.8. The maximum atomic E-state index is 11.5. The van der Waals surface area contributed by atoms with Crippen LogP contribution in [-0.4, -0.2) is 46.0 Å². The van der Waals surface area contributed by atoms with E-state index in [0.717, 1.165) is 0 Å². The number of carbonyl (C=O) groups is 6. The van der Waals surface area contributed by atoms with Crippen molar-refractivity contribution in [3.8, 4) is 0 Å². The molecule has 0 radical (unpaired) electrons. The first kappa shape index (κ1) is 25.2. The van der Waals surface area contributed by atoms with E-state index in [1.165, 1.54) is 0 Å². The average molecular weight is 402 g/mol. The number of carbonyl (C=O) groups excluding carboxylic acids is 4. The van der Waals surface area contributed by atoms with Gasteiger partial charge >= 0.3 is 35.8 Å². The zero-order valence-corrected chi connectivity index (χ0v) is 15.6. The lowest BCUT2D eigenvalue weighted by Crippen LogP contribution is -2.13. The van der Waals surface area contributed by atoms with Gasteiger partial charge in [0, 0.05) is 38.5 Å². The lowest BCUT2D eigenvalue weighted by molar-refractivity contribution is -0.162. The average Bonchev–Trinajstić information content (AvgIpc) is 2.59. The van der Waals surface area contributed by atoms with Crippen molar-refractivity contribution >= 4 is 35.8 Å². The summed E-state index contributed by atoms with van der Waals surface area (Å²) >= 11 is 0. The minimum absolute atomic E-state index is 0.0417. The van der Waals surface area contributed by atoms with E-state index in [1.54, 1.807) is 0 Å². The Morgan fingerprint density at radius 1 is 0.429 bits per heavy atom. The van der Waals surface area contributed by atoms with Crippen LogP contribution >= 0.6 is 0 Å². The Morgan fingerprint density at radius 3 is 0.857 bits per heavy atom. The van der Waals surface area contributed by atoms with Crippen LogP contribution in [0, 0.1) is 0 Å². The Hall–Kier alpha value is -2.78. The van der Waals surface area contributed by atoms with E-state index in [-0.39, 0.29) is 51.4 Å². The van der Waals surface area contributed by atoms with Gasteiger partial charge in [0.15, 0.2) is 0 Å². The second kappa shape index (κ2) is 15.3. The normalized spacial score (nSPS) is 10.1. The lowest BCUT2D eigenvalue weighted by atomic mass is 10.2. The first-order valence-corrected chi connectivity index (χ1v) is 9.11. The van der Waals surface area contributed by atoms with Gasteiger partial charge in [0.2, 0.25) is 0 Å². The summed E-state index contributed by atoms with van der Waals surface area (Å²) in [4.78, 5) is 66.3. The molecule has 0 unspecified atom stereocenters. The van der Waals surface area contributed by atoms with Gasteiger partial charge in [0.05, 0.1) is 0 Å². The molecule has 0 aliphatic heterocycles. The lowest BCUT2D eigenvalue weighted by Gasteiger charge is -2.04. The third-order valence-corrected chi connectivity index (χ3v) is 3.51. The molecule has 0 atom stereocenters. The first-order chi connectivity index (χ1) is 13.2. The van der Waals surface area contributed by atoms with Crippen molar-refractivity contribution in [2.75, 3.05) is 0 Å². The molecule has 0 bridgehead atoms. The van der Waals surface area contributed by atoms with Gasteiger partial charge in [0.25, 0.3) is 0 Å². The highest BCUT2D eigenvalue weighted by atomic mass is 16.6. The van der Waals surface area contributed by atoms with Gasteiger partial charge in [-0.25, -0.2) is 0 Å². The van der Waals surface area contributed by atoms with Crippen LogP contribution < -0.4 is 0 Å². The Labute approximate surface area is 162 Å². The van der Waals surface area contributed by atoms with E-state index in [9.17, 15) is 28.8 Å². The van der Waals surface area contributed by atoms with Gasteiger partial charge in [-0.3, -0.25) is 28.8 Å². The molecule has 2 N–H and O–H groups in total. The van der Waals surface area contributed by atoms with Gasteiger partial charge in [-0.15, -0.1) is 0 Å². The fraction of sp³-hybridized carbons (Fsp3) is 0.667. The molecule has 0 heterocycles. The zero-order chi connectivity index (χ0) is 21.4. The third kappa shape index (κ3) is 16.7. The molecule has 0 fully saturated rings. The van der Waals surface area contributed by atoms with Crippen LogP contribution in [-0.2, 0) is 38.2 Å². The van der Waals surface area contributed by atoms with Crippen LogP contribution in [0.2, 0.25) is 0 Å². The standard InChI is InChI=1S/C18H26O10/c19-13(20)7-1-3-9-15(23)27-17(25)11-5-6-12-18(26)28-16(24)10-4-2-8-14(21)22/h1-12H2,(H,19,20)(H,21,22). The fourth-order valence-electron chi connectivity index (χ4n) is 2.09. The van der Waals surface area contributed by atoms with Crippen molar-refractivity contribution in [3.63, 3.8) is 0 Å². The molecule has 0 aromatic carbocycles. The van der Waals surface area contributed by atoms with E-state index in [4.69, 9.17) is 10.2 Å². The molecule has 0 saturated heterocycles. The zero-order valence-electron chi connectivity index (χ0n) is 15.6. The van der Waals surface area contributed by atoms with Crippen LogP contribution in [0.4, 0.5) is 0 Å². The minimum Gasteiger partial charge on any atom is -0.481 e. The molecular weight excluding hydrogens is 376 g/mol. The Bertz CT molecular complexity index is 517. The van der Waals surface area contributed by atoms with Gasteiger partial charge < -0.3 is 19.7 Å². The Balaban J connectivity index is 3.70. The quantitative estimate of drug-likeness (QED) is 0.235. The first-order valence-electron chi connectivity index (χ1n) is 9.11. The summed E-state index contributed by atoms with van der Waals surface area (Å²) < 4.78 is 9.13. The maximum absolute atomic E-state index is 11.5. The van der Waals surface area contributed by atoms with Crippen LogP contribution in [0.15, 0.2) is 0 Å². The molecule has 0 spiro atoms. The van der Waals surface area contributed by atoms with E-state index in [1.807, 2.05) is 0 Å². The molecule has 28 heavy (non-hydrogen) atoms. The largest absolute Gasteiger partial charge is 0.481 e. The van der Waals surface area contributed by atoms with Gasteiger partial charge in [-0.2, -0.15) is 0 Å². The summed E-state index contributed by atoms with van der Waals surface area (Å²) in [5.41, 5.74) is 0. The SMILES string of the molecule is O=C(O)CCCCC(=O)OC(=O)CCCCC(=O)OC(=O)CCCCC(=O)O. The maximum Gasteiger partial charge on any atom is 0.313 e. The van der Waals surface area contributed by atoms with Crippen LogP contribution in [0.1, 0.15) is 77.0 Å². The summed E-state index contributed by atoms with van der Waals surface area (Å²) in [6.07, 6.45) is 1.47. The molecule has 0 aliphatic carbocycles. The number of rotatable bonds is 15. The second-order valence-corrected chi connectivity index (χ2v) is 6.10. The molecule has 0 saturated carbocycles. The van der Waals surface area contributed by atoms with Crippen LogP contribution in [0.3, 0.4) is 0 Å². The number of hydrogen-bond donors (Lipinski definition) is 2. The number of aliphatic carboxylic acids is 2. The molecule has 0 aromatic rings. The molecule has 158 valence electrons. The predicted molar refractivity (Wildman–Crippen MR) is 92.9 cm³/mol. The molecule has 0 aromatic heterocycles. The summed E-state index contributed by atoms with van der Waals surface area (Å²) in [6.45, 7) is 0. The van der Waals surface area contributed by atoms with E-state index in [0.29, 0.717) is 25.7 Å². The minimum atomic E-state index is -0.956. The summed E-state index contributed by atoms with van der Waals surface area (Å²) in [7, 11) is 0. The predicted octanol–water partition coefficient (Wildman–Crippen LogP) is 1.98. The van der Waals surface area contributed by atoms with Crippen molar-refractivity contribution in [2.45, 2.75) is 77.0 Å². The van der Waals surface area contributed by atoms with Crippen LogP contribution in [0.5, 0.6) is 0 Å². The topological polar surface area (TPSA) is 161 Å². The summed E-state index contributed by atoms with van der Waals surface area (Å²) in [5, 5.41) is 16.9. The van der Waals surface area contributed by atoms with Gasteiger partial charge in [0.1, 0.15) is 0 Å². The smallest absolute Gasteiger partial charge is 0.313 e. The molecular formula is C18H26O10. The Morgan fingerprint density at radius 2 is 0.643 bits per heavy atom. The van der Waals surface area contributed by atoms with Crippen molar-refractivity contribution in [3.05, 3.63) is 0 Å². The number of esters is 4.